The summed E-state index contributed by atoms with van der Waals surface area (Å²) in [6, 6.07) is 15.4. The number of methoxy groups -OCH3 is 1. The third kappa shape index (κ3) is 7.69. The zero-order valence-electron chi connectivity index (χ0n) is 25.7. The minimum atomic E-state index is -1.46. The Morgan fingerprint density at radius 3 is 2.11 bits per heavy atom. The lowest BCUT2D eigenvalue weighted by atomic mass is 9.70. The van der Waals surface area contributed by atoms with Gasteiger partial charge in [-0.3, -0.25) is 9.59 Å². The van der Waals surface area contributed by atoms with Gasteiger partial charge in [-0.2, -0.15) is 0 Å². The summed E-state index contributed by atoms with van der Waals surface area (Å²) in [5, 5.41) is 35.4. The molecule has 242 valence electrons. The van der Waals surface area contributed by atoms with Crippen molar-refractivity contribution in [3.8, 4) is 0 Å². The Morgan fingerprint density at radius 1 is 1.00 bits per heavy atom. The SMILES string of the molecule is CCC(O)(c1cc(F)c([C@](C)(OC)c2ccc(Cl)cc2)c(C(=O)N[C@@H](CCC(=O)O)c2ccc(Cl)cc2)c1)C1CCC(O)CC1. The Balaban J connectivity index is 1.88. The largest absolute Gasteiger partial charge is 0.481 e. The van der Waals surface area contributed by atoms with E-state index in [1.54, 1.807) is 55.5 Å². The van der Waals surface area contributed by atoms with E-state index in [1.165, 1.54) is 19.2 Å². The number of carbonyl (C=O) groups excluding carboxylic acids is 1. The van der Waals surface area contributed by atoms with Crippen molar-refractivity contribution >= 4 is 35.1 Å². The molecule has 0 radical (unpaired) electrons. The molecule has 1 unspecified atom stereocenters. The fourth-order valence-corrected chi connectivity index (χ4v) is 6.71. The van der Waals surface area contributed by atoms with E-state index in [0.29, 0.717) is 46.9 Å². The lowest BCUT2D eigenvalue weighted by Crippen LogP contribution is -2.39. The predicted octanol–water partition coefficient (Wildman–Crippen LogP) is 7.53. The summed E-state index contributed by atoms with van der Waals surface area (Å²) in [4.78, 5) is 25.8. The van der Waals surface area contributed by atoms with Crippen LogP contribution in [0.15, 0.2) is 60.7 Å². The zero-order chi connectivity index (χ0) is 32.9. The van der Waals surface area contributed by atoms with E-state index in [0.717, 1.165) is 0 Å². The van der Waals surface area contributed by atoms with Gasteiger partial charge in [-0.15, -0.1) is 0 Å². The van der Waals surface area contributed by atoms with Crippen molar-refractivity contribution in [2.45, 2.75) is 82.1 Å². The lowest BCUT2D eigenvalue weighted by Gasteiger charge is -2.40. The van der Waals surface area contributed by atoms with Crippen LogP contribution in [0.3, 0.4) is 0 Å². The first-order valence-electron chi connectivity index (χ1n) is 15.2. The molecule has 3 atom stereocenters. The van der Waals surface area contributed by atoms with Crippen molar-refractivity contribution in [2.75, 3.05) is 7.11 Å². The number of hydrogen-bond acceptors (Lipinski definition) is 5. The first-order chi connectivity index (χ1) is 21.3. The predicted molar refractivity (Wildman–Crippen MR) is 172 cm³/mol. The van der Waals surface area contributed by atoms with Crippen molar-refractivity contribution in [2.24, 2.45) is 5.92 Å². The van der Waals surface area contributed by atoms with Crippen molar-refractivity contribution in [3.63, 3.8) is 0 Å². The van der Waals surface area contributed by atoms with Crippen LogP contribution < -0.4 is 5.32 Å². The summed E-state index contributed by atoms with van der Waals surface area (Å²) >= 11 is 12.2. The van der Waals surface area contributed by atoms with Crippen LogP contribution in [0.25, 0.3) is 0 Å². The van der Waals surface area contributed by atoms with Gasteiger partial charge in [0, 0.05) is 34.7 Å². The maximum atomic E-state index is 16.6. The second kappa shape index (κ2) is 14.6. The fraction of sp³-hybridized carbons (Fsp3) is 0.429. The van der Waals surface area contributed by atoms with E-state index in [1.807, 2.05) is 6.92 Å². The molecule has 3 aromatic rings. The maximum absolute atomic E-state index is 16.6. The second-order valence-corrected chi connectivity index (χ2v) is 12.8. The molecular formula is C35H40Cl2FNO6. The van der Waals surface area contributed by atoms with E-state index >= 15 is 4.39 Å². The molecule has 4 N–H and O–H groups in total. The van der Waals surface area contributed by atoms with Crippen LogP contribution in [-0.2, 0) is 20.7 Å². The number of carboxylic acids is 1. The first-order valence-corrected chi connectivity index (χ1v) is 15.9. The number of aliphatic hydroxyl groups is 2. The number of aliphatic carboxylic acids is 1. The van der Waals surface area contributed by atoms with Crippen LogP contribution in [0.5, 0.6) is 0 Å². The number of hydrogen-bond donors (Lipinski definition) is 4. The zero-order valence-corrected chi connectivity index (χ0v) is 27.2. The molecule has 7 nitrogen and oxygen atoms in total. The van der Waals surface area contributed by atoms with Gasteiger partial charge in [0.2, 0.25) is 0 Å². The van der Waals surface area contributed by atoms with E-state index < -0.39 is 41.0 Å². The van der Waals surface area contributed by atoms with Crippen LogP contribution in [0, 0.1) is 11.7 Å². The highest BCUT2D eigenvalue weighted by molar-refractivity contribution is 6.30. The molecule has 45 heavy (non-hydrogen) atoms. The van der Waals surface area contributed by atoms with Gasteiger partial charge < -0.3 is 25.4 Å². The second-order valence-electron chi connectivity index (χ2n) is 11.9. The first kappa shape index (κ1) is 34.9. The lowest BCUT2D eigenvalue weighted by molar-refractivity contribution is -0.137. The summed E-state index contributed by atoms with van der Waals surface area (Å²) in [5.74, 6) is -2.69. The summed E-state index contributed by atoms with van der Waals surface area (Å²) in [7, 11) is 1.42. The van der Waals surface area contributed by atoms with Gasteiger partial charge >= 0.3 is 5.97 Å². The van der Waals surface area contributed by atoms with E-state index in [-0.39, 0.29) is 41.9 Å². The molecule has 1 fully saturated rings. The van der Waals surface area contributed by atoms with Crippen LogP contribution in [0.1, 0.15) is 97.4 Å². The Bertz CT molecular complexity index is 1490. The Labute approximate surface area is 273 Å². The summed E-state index contributed by atoms with van der Waals surface area (Å²) in [6.07, 6.45) is 1.80. The number of amides is 1. The highest BCUT2D eigenvalue weighted by Gasteiger charge is 2.42. The van der Waals surface area contributed by atoms with Crippen molar-refractivity contribution in [3.05, 3.63) is 104 Å². The number of nitrogens with one attached hydrogen (secondary N) is 1. The quantitative estimate of drug-likeness (QED) is 0.160. The third-order valence-corrected chi connectivity index (χ3v) is 9.75. The number of benzene rings is 3. The van der Waals surface area contributed by atoms with Gasteiger partial charge in [0.05, 0.1) is 17.7 Å². The molecule has 0 saturated heterocycles. The van der Waals surface area contributed by atoms with Crippen molar-refractivity contribution in [1.29, 1.82) is 0 Å². The molecule has 0 heterocycles. The van der Waals surface area contributed by atoms with Crippen LogP contribution in [0.2, 0.25) is 10.0 Å². The van der Waals surface area contributed by atoms with Crippen LogP contribution >= 0.6 is 23.2 Å². The molecule has 1 aliphatic rings. The number of halogens is 3. The number of aliphatic hydroxyl groups excluding tert-OH is 1. The molecule has 0 aliphatic heterocycles. The summed E-state index contributed by atoms with van der Waals surface area (Å²) in [6.45, 7) is 3.47. The molecule has 3 aromatic carbocycles. The highest BCUT2D eigenvalue weighted by atomic mass is 35.5. The minimum Gasteiger partial charge on any atom is -0.481 e. The average Bonchev–Trinajstić information content (AvgIpc) is 3.02. The smallest absolute Gasteiger partial charge is 0.303 e. The fourth-order valence-electron chi connectivity index (χ4n) is 6.46. The van der Waals surface area contributed by atoms with E-state index in [9.17, 15) is 24.9 Å². The molecule has 1 aliphatic carbocycles. The molecule has 0 aromatic heterocycles. The number of rotatable bonds is 12. The van der Waals surface area contributed by atoms with Gasteiger partial charge in [-0.1, -0.05) is 54.4 Å². The summed E-state index contributed by atoms with van der Waals surface area (Å²) in [5.41, 5.74) is -1.58. The van der Waals surface area contributed by atoms with Crippen molar-refractivity contribution < 1.29 is 34.0 Å². The number of carbonyl (C=O) groups is 2. The Hall–Kier alpha value is -3.01. The standard InChI is InChI=1S/C35H40Cl2FNO6/c1-4-35(44,23-9-15-27(40)16-10-23)24-19-28(32(29(38)20-24)34(2,45-3)22-7-13-26(37)14-8-22)33(43)39-30(17-18-31(41)42)21-5-11-25(36)12-6-21/h5-8,11-14,19-20,23,27,30,40,44H,4,9-10,15-18H2,1-3H3,(H,39,43)(H,41,42)/t23?,27?,30-,34+,35?/m0/s1. The Morgan fingerprint density at radius 2 is 1.58 bits per heavy atom. The van der Waals surface area contributed by atoms with Gasteiger partial charge in [-0.25, -0.2) is 4.39 Å². The third-order valence-electron chi connectivity index (χ3n) is 9.25. The normalized spacial score (nSPS) is 20.1. The van der Waals surface area contributed by atoms with E-state index in [2.05, 4.69) is 5.32 Å². The molecule has 1 amide bonds. The molecular weight excluding hydrogens is 620 g/mol. The highest BCUT2D eigenvalue weighted by Crippen LogP contribution is 2.45. The molecule has 1 saturated carbocycles. The van der Waals surface area contributed by atoms with Crippen LogP contribution in [-0.4, -0.2) is 40.4 Å². The molecule has 4 rings (SSSR count). The topological polar surface area (TPSA) is 116 Å². The number of carboxylic acid groups (broad SMARTS) is 1. The average molecular weight is 661 g/mol. The number of ether oxygens (including phenoxy) is 1. The van der Waals surface area contributed by atoms with Gasteiger partial charge in [0.25, 0.3) is 5.91 Å². The van der Waals surface area contributed by atoms with Gasteiger partial charge in [0.1, 0.15) is 11.4 Å². The van der Waals surface area contributed by atoms with E-state index in [4.69, 9.17) is 27.9 Å². The van der Waals surface area contributed by atoms with Gasteiger partial charge in [-0.05, 0) is 104 Å². The Kier molecular flexibility index (Phi) is 11.3. The van der Waals surface area contributed by atoms with Crippen LogP contribution in [0.4, 0.5) is 4.39 Å². The maximum Gasteiger partial charge on any atom is 0.303 e. The van der Waals surface area contributed by atoms with Crippen molar-refractivity contribution in [1.82, 2.24) is 5.32 Å². The molecule has 0 bridgehead atoms. The minimum absolute atomic E-state index is 0.0424. The molecule has 10 heteroatoms. The van der Waals surface area contributed by atoms with Gasteiger partial charge in [0.15, 0.2) is 0 Å². The molecule has 0 spiro atoms. The summed E-state index contributed by atoms with van der Waals surface area (Å²) < 4.78 is 22.6. The monoisotopic (exact) mass is 659 g/mol.